The summed E-state index contributed by atoms with van der Waals surface area (Å²) in [5.74, 6) is -3.05. The van der Waals surface area contributed by atoms with Crippen LogP contribution in [-0.2, 0) is 17.6 Å². The number of benzene rings is 1. The lowest BCUT2D eigenvalue weighted by Crippen LogP contribution is -2.26. The second kappa shape index (κ2) is 8.95. The van der Waals surface area contributed by atoms with Crippen LogP contribution in [0.2, 0.25) is 0 Å². The molecule has 1 heterocycles. The van der Waals surface area contributed by atoms with Gasteiger partial charge in [0.15, 0.2) is 17.3 Å². The molecule has 0 aliphatic heterocycles. The first kappa shape index (κ1) is 20.0. The van der Waals surface area contributed by atoms with Crippen LogP contribution >= 0.6 is 0 Å². The molecule has 28 heavy (non-hydrogen) atoms. The molecule has 0 saturated heterocycles. The number of amides is 1. The van der Waals surface area contributed by atoms with Crippen molar-refractivity contribution in [1.29, 1.82) is 0 Å². The van der Waals surface area contributed by atoms with Gasteiger partial charge in [-0.1, -0.05) is 18.9 Å². The van der Waals surface area contributed by atoms with Gasteiger partial charge in [0.2, 0.25) is 0 Å². The number of unbranched alkanes of at least 4 members (excludes halogenated alkanes) is 3. The Morgan fingerprint density at radius 2 is 1.93 bits per heavy atom. The molecule has 0 saturated carbocycles. The Morgan fingerprint density at radius 3 is 2.71 bits per heavy atom. The first-order valence-electron chi connectivity index (χ1n) is 9.54. The Bertz CT molecular complexity index is 880. The van der Waals surface area contributed by atoms with Crippen molar-refractivity contribution in [3.8, 4) is 5.69 Å². The third-order valence-electron chi connectivity index (χ3n) is 4.91. The Balaban J connectivity index is 1.64. The maximum absolute atomic E-state index is 14.2. The molecule has 1 amide bonds. The van der Waals surface area contributed by atoms with Crippen LogP contribution < -0.4 is 5.32 Å². The van der Waals surface area contributed by atoms with Gasteiger partial charge in [0.05, 0.1) is 0 Å². The topological polar surface area (TPSA) is 84.2 Å². The number of hydrogen-bond donors (Lipinski definition) is 2. The summed E-state index contributed by atoms with van der Waals surface area (Å²) >= 11 is 0. The average Bonchev–Trinajstić information content (AvgIpc) is 3.25. The molecule has 150 valence electrons. The number of rotatable bonds is 9. The zero-order valence-corrected chi connectivity index (χ0v) is 15.5. The van der Waals surface area contributed by atoms with Crippen LogP contribution in [0.25, 0.3) is 5.69 Å². The van der Waals surface area contributed by atoms with Gasteiger partial charge >= 0.3 is 5.97 Å². The van der Waals surface area contributed by atoms with Crippen molar-refractivity contribution in [1.82, 2.24) is 15.1 Å². The van der Waals surface area contributed by atoms with E-state index in [1.807, 2.05) is 0 Å². The highest BCUT2D eigenvalue weighted by Crippen LogP contribution is 2.29. The van der Waals surface area contributed by atoms with E-state index < -0.39 is 17.6 Å². The van der Waals surface area contributed by atoms with Gasteiger partial charge in [0.25, 0.3) is 5.91 Å². The van der Waals surface area contributed by atoms with Crippen LogP contribution in [0, 0.1) is 11.6 Å². The molecule has 8 heteroatoms. The van der Waals surface area contributed by atoms with Crippen LogP contribution in [0.15, 0.2) is 18.2 Å². The number of nitrogens with zero attached hydrogens (tertiary/aromatic N) is 2. The molecular formula is C20H23F2N3O3. The van der Waals surface area contributed by atoms with Gasteiger partial charge in [-0.15, -0.1) is 0 Å². The smallest absolute Gasteiger partial charge is 0.303 e. The molecule has 0 fully saturated rings. The van der Waals surface area contributed by atoms with Crippen molar-refractivity contribution in [3.05, 3.63) is 46.8 Å². The molecule has 0 radical (unpaired) electrons. The lowest BCUT2D eigenvalue weighted by atomic mass is 10.1. The van der Waals surface area contributed by atoms with Crippen molar-refractivity contribution >= 4 is 11.9 Å². The number of carbonyl (C=O) groups excluding carboxylic acids is 1. The minimum absolute atomic E-state index is 0.00984. The predicted octanol–water partition coefficient (Wildman–Crippen LogP) is 3.40. The van der Waals surface area contributed by atoms with E-state index in [1.54, 1.807) is 0 Å². The maximum Gasteiger partial charge on any atom is 0.303 e. The zero-order chi connectivity index (χ0) is 20.1. The van der Waals surface area contributed by atoms with Crippen molar-refractivity contribution in [3.63, 3.8) is 0 Å². The van der Waals surface area contributed by atoms with Crippen molar-refractivity contribution in [2.75, 3.05) is 6.54 Å². The molecule has 0 unspecified atom stereocenters. The third kappa shape index (κ3) is 4.37. The van der Waals surface area contributed by atoms with Crippen LogP contribution in [0.3, 0.4) is 0 Å². The SMILES string of the molecule is O=C(O)CCCCCCNC(=O)c1nn(-c2cccc(F)c2F)c2c1CCC2. The van der Waals surface area contributed by atoms with Crippen LogP contribution in [0.5, 0.6) is 0 Å². The highest BCUT2D eigenvalue weighted by molar-refractivity contribution is 5.94. The highest BCUT2D eigenvalue weighted by atomic mass is 19.2. The van der Waals surface area contributed by atoms with E-state index >= 15 is 0 Å². The van der Waals surface area contributed by atoms with E-state index in [4.69, 9.17) is 5.11 Å². The van der Waals surface area contributed by atoms with E-state index in [0.717, 1.165) is 43.0 Å². The zero-order valence-electron chi connectivity index (χ0n) is 15.5. The van der Waals surface area contributed by atoms with Crippen LogP contribution in [-0.4, -0.2) is 33.3 Å². The second-order valence-corrected chi connectivity index (χ2v) is 6.93. The molecule has 0 bridgehead atoms. The Hall–Kier alpha value is -2.77. The van der Waals surface area contributed by atoms with E-state index in [1.165, 1.54) is 16.8 Å². The summed E-state index contributed by atoms with van der Waals surface area (Å²) < 4.78 is 29.1. The summed E-state index contributed by atoms with van der Waals surface area (Å²) in [5, 5.41) is 15.7. The Kier molecular flexibility index (Phi) is 6.38. The lowest BCUT2D eigenvalue weighted by Gasteiger charge is -2.07. The minimum atomic E-state index is -0.979. The number of hydrogen-bond acceptors (Lipinski definition) is 3. The summed E-state index contributed by atoms with van der Waals surface area (Å²) in [7, 11) is 0. The molecule has 1 aromatic heterocycles. The van der Waals surface area contributed by atoms with Gasteiger partial charge in [0.1, 0.15) is 5.69 Å². The molecule has 0 atom stereocenters. The highest BCUT2D eigenvalue weighted by Gasteiger charge is 2.28. The van der Waals surface area contributed by atoms with Crippen LogP contribution in [0.4, 0.5) is 8.78 Å². The first-order chi connectivity index (χ1) is 13.5. The summed E-state index contributed by atoms with van der Waals surface area (Å²) in [6.07, 6.45) is 5.34. The largest absolute Gasteiger partial charge is 0.481 e. The Morgan fingerprint density at radius 1 is 1.14 bits per heavy atom. The molecular weight excluding hydrogens is 368 g/mol. The quantitative estimate of drug-likeness (QED) is 0.642. The van der Waals surface area contributed by atoms with Crippen molar-refractivity contribution in [2.24, 2.45) is 0 Å². The average molecular weight is 391 g/mol. The van der Waals surface area contributed by atoms with Crippen molar-refractivity contribution in [2.45, 2.75) is 51.4 Å². The molecule has 1 aliphatic carbocycles. The maximum atomic E-state index is 14.2. The summed E-state index contributed by atoms with van der Waals surface area (Å²) in [4.78, 5) is 23.0. The van der Waals surface area contributed by atoms with Gasteiger partial charge in [-0.2, -0.15) is 5.10 Å². The van der Waals surface area contributed by atoms with Gasteiger partial charge in [-0.05, 0) is 44.2 Å². The number of nitrogens with one attached hydrogen (secondary N) is 1. The number of fused-ring (bicyclic) bond motifs is 1. The van der Waals surface area contributed by atoms with E-state index in [2.05, 4.69) is 10.4 Å². The van der Waals surface area contributed by atoms with Crippen LogP contribution in [0.1, 0.15) is 60.3 Å². The van der Waals surface area contributed by atoms with E-state index in [-0.39, 0.29) is 23.7 Å². The standard InChI is InChI=1S/C20H23F2N3O3/c21-14-8-6-10-16(18(14)22)25-15-9-5-7-13(15)19(24-25)20(28)23-12-4-2-1-3-11-17(26)27/h6,8,10H,1-5,7,9,11-12H2,(H,23,28)(H,26,27). The molecule has 3 rings (SSSR count). The molecule has 1 aliphatic rings. The Labute approximate surface area is 161 Å². The van der Waals surface area contributed by atoms with Gasteiger partial charge in [0, 0.05) is 24.2 Å². The fourth-order valence-corrected chi connectivity index (χ4v) is 3.52. The van der Waals surface area contributed by atoms with Gasteiger partial charge < -0.3 is 10.4 Å². The van der Waals surface area contributed by atoms with Gasteiger partial charge in [-0.3, -0.25) is 9.59 Å². The molecule has 1 aromatic carbocycles. The predicted molar refractivity (Wildman–Crippen MR) is 98.6 cm³/mol. The molecule has 2 aromatic rings. The van der Waals surface area contributed by atoms with E-state index in [0.29, 0.717) is 25.8 Å². The minimum Gasteiger partial charge on any atom is -0.481 e. The summed E-state index contributed by atoms with van der Waals surface area (Å²) in [6, 6.07) is 3.91. The third-order valence-corrected chi connectivity index (χ3v) is 4.91. The number of aromatic nitrogens is 2. The molecule has 6 nitrogen and oxygen atoms in total. The van der Waals surface area contributed by atoms with Gasteiger partial charge in [-0.25, -0.2) is 13.5 Å². The summed E-state index contributed by atoms with van der Waals surface area (Å²) in [6.45, 7) is 0.460. The molecule has 2 N–H and O–H groups in total. The normalized spacial score (nSPS) is 12.8. The number of carbonyl (C=O) groups is 2. The fourth-order valence-electron chi connectivity index (χ4n) is 3.52. The fraction of sp³-hybridized carbons (Fsp3) is 0.450. The lowest BCUT2D eigenvalue weighted by molar-refractivity contribution is -0.137. The monoisotopic (exact) mass is 391 g/mol. The summed E-state index contributed by atoms with van der Waals surface area (Å²) in [5.41, 5.74) is 1.82. The van der Waals surface area contributed by atoms with E-state index in [9.17, 15) is 18.4 Å². The number of halogens is 2. The number of carboxylic acids is 1. The second-order valence-electron chi connectivity index (χ2n) is 6.93. The number of aliphatic carboxylic acids is 1. The first-order valence-corrected chi connectivity index (χ1v) is 9.54. The molecule has 0 spiro atoms. The number of carboxylic acid groups (broad SMARTS) is 1. The van der Waals surface area contributed by atoms with Crippen molar-refractivity contribution < 1.29 is 23.5 Å².